The van der Waals surface area contributed by atoms with Gasteiger partial charge in [-0.1, -0.05) is 17.8 Å². The molecule has 8 nitrogen and oxygen atoms in total. The number of thioether (sulfide) groups is 1. The number of aromatic nitrogens is 6. The summed E-state index contributed by atoms with van der Waals surface area (Å²) in [4.78, 5) is 15.5. The maximum Gasteiger partial charge on any atom is 0.227 e. The summed E-state index contributed by atoms with van der Waals surface area (Å²) in [5.74, 6) is -0.265. The van der Waals surface area contributed by atoms with Gasteiger partial charge in [0.1, 0.15) is 6.33 Å². The van der Waals surface area contributed by atoms with E-state index < -0.39 is 5.91 Å². The van der Waals surface area contributed by atoms with Crippen LogP contribution < -0.4 is 5.73 Å². The van der Waals surface area contributed by atoms with E-state index in [-0.39, 0.29) is 5.75 Å². The Labute approximate surface area is 147 Å². The number of primary amides is 1. The molecule has 0 saturated heterocycles. The summed E-state index contributed by atoms with van der Waals surface area (Å²) in [5, 5.41) is 14.2. The average Bonchev–Trinajstić information content (AvgIpc) is 3.18. The molecule has 0 aliphatic rings. The molecule has 0 fully saturated rings. The predicted molar refractivity (Wildman–Crippen MR) is 94.8 cm³/mol. The van der Waals surface area contributed by atoms with Crippen LogP contribution in [0.3, 0.4) is 0 Å². The van der Waals surface area contributed by atoms with Crippen molar-refractivity contribution in [3.63, 3.8) is 0 Å². The Hall–Kier alpha value is -2.94. The molecule has 4 rings (SSSR count). The first-order valence-electron chi connectivity index (χ1n) is 7.61. The summed E-state index contributed by atoms with van der Waals surface area (Å²) in [6.45, 7) is 4.14. The van der Waals surface area contributed by atoms with Crippen molar-refractivity contribution in [2.45, 2.75) is 19.0 Å². The molecule has 0 radical (unpaired) electrons. The Morgan fingerprint density at radius 3 is 2.80 bits per heavy atom. The van der Waals surface area contributed by atoms with Gasteiger partial charge in [0.15, 0.2) is 16.5 Å². The van der Waals surface area contributed by atoms with E-state index in [0.29, 0.717) is 16.5 Å². The van der Waals surface area contributed by atoms with Gasteiger partial charge in [-0.15, -0.1) is 10.2 Å². The molecule has 1 aromatic carbocycles. The lowest BCUT2D eigenvalue weighted by Gasteiger charge is -2.06. The smallest absolute Gasteiger partial charge is 0.227 e. The first-order valence-corrected chi connectivity index (χ1v) is 8.59. The topological polar surface area (TPSA) is 104 Å². The Morgan fingerprint density at radius 1 is 1.20 bits per heavy atom. The number of hydrogen-bond donors (Lipinski definition) is 1. The van der Waals surface area contributed by atoms with E-state index in [4.69, 9.17) is 5.73 Å². The van der Waals surface area contributed by atoms with Crippen LogP contribution in [0.4, 0.5) is 0 Å². The molecule has 0 saturated carbocycles. The van der Waals surface area contributed by atoms with Crippen LogP contribution in [-0.4, -0.2) is 41.0 Å². The van der Waals surface area contributed by atoms with Gasteiger partial charge in [0.25, 0.3) is 0 Å². The fourth-order valence-corrected chi connectivity index (χ4v) is 3.22. The minimum Gasteiger partial charge on any atom is -0.369 e. The van der Waals surface area contributed by atoms with Crippen molar-refractivity contribution in [1.29, 1.82) is 0 Å². The first-order chi connectivity index (χ1) is 12.0. The second-order valence-corrected chi connectivity index (χ2v) is 6.68. The maximum atomic E-state index is 11.0. The third-order valence-corrected chi connectivity index (χ3v) is 4.99. The SMILES string of the molecule is Cc1ccc(-n2ncc3c2ncn2c(SCC(N)=O)nnc32)cc1C. The fraction of sp³-hybridized carbons (Fsp3) is 0.188. The van der Waals surface area contributed by atoms with E-state index >= 15 is 0 Å². The van der Waals surface area contributed by atoms with Crippen LogP contribution in [0.15, 0.2) is 35.9 Å². The molecule has 4 aromatic rings. The number of amides is 1. The molecule has 0 atom stereocenters. The number of nitrogens with two attached hydrogens (primary N) is 1. The molecule has 0 spiro atoms. The molecular formula is C16H15N7OS. The molecule has 0 unspecified atom stereocenters. The highest BCUT2D eigenvalue weighted by Gasteiger charge is 2.15. The molecule has 1 amide bonds. The van der Waals surface area contributed by atoms with Gasteiger partial charge >= 0.3 is 0 Å². The van der Waals surface area contributed by atoms with Gasteiger partial charge < -0.3 is 5.73 Å². The largest absolute Gasteiger partial charge is 0.369 e. The van der Waals surface area contributed by atoms with Gasteiger partial charge in [-0.3, -0.25) is 9.20 Å². The summed E-state index contributed by atoms with van der Waals surface area (Å²) < 4.78 is 3.52. The molecular weight excluding hydrogens is 338 g/mol. The number of rotatable bonds is 4. The van der Waals surface area contributed by atoms with E-state index in [1.165, 1.54) is 22.9 Å². The van der Waals surface area contributed by atoms with Gasteiger partial charge in [0, 0.05) is 0 Å². The zero-order valence-corrected chi connectivity index (χ0v) is 14.5. The molecule has 126 valence electrons. The van der Waals surface area contributed by atoms with Crippen molar-refractivity contribution in [2.24, 2.45) is 5.73 Å². The minimum atomic E-state index is -0.404. The predicted octanol–water partition coefficient (Wildman–Crippen LogP) is 1.66. The van der Waals surface area contributed by atoms with Crippen molar-refractivity contribution in [3.05, 3.63) is 41.9 Å². The molecule has 3 aromatic heterocycles. The Bertz CT molecular complexity index is 1110. The maximum absolute atomic E-state index is 11.0. The summed E-state index contributed by atoms with van der Waals surface area (Å²) in [5.41, 5.74) is 9.89. The third-order valence-electron chi connectivity index (χ3n) is 4.02. The van der Waals surface area contributed by atoms with Crippen molar-refractivity contribution >= 4 is 34.3 Å². The molecule has 0 aliphatic heterocycles. The number of carbonyl (C=O) groups is 1. The van der Waals surface area contributed by atoms with Crippen molar-refractivity contribution in [1.82, 2.24) is 29.4 Å². The molecule has 9 heteroatoms. The molecule has 2 N–H and O–H groups in total. The summed E-state index contributed by atoms with van der Waals surface area (Å²) >= 11 is 1.23. The standard InChI is InChI=1S/C16H15N7OS/c1-9-3-4-11(5-10(9)2)23-14-12(6-19-23)15-20-21-16(22(15)8-18-14)25-7-13(17)24/h3-6,8H,7H2,1-2H3,(H2,17,24). The minimum absolute atomic E-state index is 0.140. The van der Waals surface area contributed by atoms with E-state index in [9.17, 15) is 4.79 Å². The van der Waals surface area contributed by atoms with Crippen molar-refractivity contribution in [2.75, 3.05) is 5.75 Å². The third kappa shape index (κ3) is 2.62. The van der Waals surface area contributed by atoms with Gasteiger partial charge in [0.2, 0.25) is 5.91 Å². The van der Waals surface area contributed by atoms with E-state index in [1.807, 2.05) is 6.07 Å². The summed E-state index contributed by atoms with van der Waals surface area (Å²) in [6, 6.07) is 6.15. The normalized spacial score (nSPS) is 11.4. The van der Waals surface area contributed by atoms with Crippen LogP contribution in [0.2, 0.25) is 0 Å². The molecule has 0 aliphatic carbocycles. The lowest BCUT2D eigenvalue weighted by Crippen LogP contribution is -2.13. The average molecular weight is 353 g/mol. The van der Waals surface area contributed by atoms with Crippen molar-refractivity contribution < 1.29 is 4.79 Å². The fourth-order valence-electron chi connectivity index (χ4n) is 2.58. The second-order valence-electron chi connectivity index (χ2n) is 5.74. The molecule has 25 heavy (non-hydrogen) atoms. The number of nitrogens with zero attached hydrogens (tertiary/aromatic N) is 6. The highest BCUT2D eigenvalue weighted by atomic mass is 32.2. The lowest BCUT2D eigenvalue weighted by atomic mass is 10.1. The Morgan fingerprint density at radius 2 is 2.04 bits per heavy atom. The van der Waals surface area contributed by atoms with Gasteiger partial charge in [-0.25, -0.2) is 9.67 Å². The van der Waals surface area contributed by atoms with Crippen LogP contribution >= 0.6 is 11.8 Å². The molecule has 0 bridgehead atoms. The number of carbonyl (C=O) groups excluding carboxylic acids is 1. The first kappa shape index (κ1) is 15.6. The van der Waals surface area contributed by atoms with Gasteiger partial charge in [-0.05, 0) is 37.1 Å². The quantitative estimate of drug-likeness (QED) is 0.560. The number of fused-ring (bicyclic) bond motifs is 3. The van der Waals surface area contributed by atoms with Crippen LogP contribution in [-0.2, 0) is 4.79 Å². The van der Waals surface area contributed by atoms with Crippen molar-refractivity contribution in [3.8, 4) is 5.69 Å². The zero-order chi connectivity index (χ0) is 17.6. The van der Waals surface area contributed by atoms with Gasteiger partial charge in [-0.2, -0.15) is 5.10 Å². The van der Waals surface area contributed by atoms with Crippen LogP contribution in [0, 0.1) is 13.8 Å². The van der Waals surface area contributed by atoms with Gasteiger partial charge in [0.05, 0.1) is 23.0 Å². The lowest BCUT2D eigenvalue weighted by molar-refractivity contribution is -0.115. The second kappa shape index (κ2) is 5.85. The monoisotopic (exact) mass is 353 g/mol. The Kier molecular flexibility index (Phi) is 3.65. The highest BCUT2D eigenvalue weighted by molar-refractivity contribution is 7.99. The number of hydrogen-bond acceptors (Lipinski definition) is 6. The van der Waals surface area contributed by atoms with E-state index in [0.717, 1.165) is 11.1 Å². The zero-order valence-electron chi connectivity index (χ0n) is 13.7. The summed E-state index contributed by atoms with van der Waals surface area (Å²) in [6.07, 6.45) is 3.37. The van der Waals surface area contributed by atoms with E-state index in [2.05, 4.69) is 46.3 Å². The van der Waals surface area contributed by atoms with Crippen LogP contribution in [0.1, 0.15) is 11.1 Å². The highest BCUT2D eigenvalue weighted by Crippen LogP contribution is 2.24. The summed E-state index contributed by atoms with van der Waals surface area (Å²) in [7, 11) is 0. The number of benzene rings is 1. The van der Waals surface area contributed by atoms with Crippen LogP contribution in [0.25, 0.3) is 22.4 Å². The van der Waals surface area contributed by atoms with E-state index in [1.54, 1.807) is 21.6 Å². The molecule has 3 heterocycles. The van der Waals surface area contributed by atoms with Crippen LogP contribution in [0.5, 0.6) is 0 Å². The Balaban J connectivity index is 1.83. The number of aryl methyl sites for hydroxylation is 2.